The van der Waals surface area contributed by atoms with Gasteiger partial charge in [-0.2, -0.15) is 5.10 Å². The summed E-state index contributed by atoms with van der Waals surface area (Å²) in [7, 11) is 3.61. The van der Waals surface area contributed by atoms with Crippen molar-refractivity contribution in [3.8, 4) is 5.75 Å². The average molecular weight is 251 g/mol. The third-order valence-corrected chi connectivity index (χ3v) is 2.75. The minimum absolute atomic E-state index is 0.173. The molecular weight excluding hydrogens is 226 g/mol. The Morgan fingerprint density at radius 1 is 1.50 bits per heavy atom. The van der Waals surface area contributed by atoms with Crippen LogP contribution in [0.4, 0.5) is 0 Å². The molecule has 0 amide bonds. The molecule has 1 aromatic rings. The van der Waals surface area contributed by atoms with Crippen molar-refractivity contribution in [1.82, 2.24) is 15.1 Å². The van der Waals surface area contributed by atoms with E-state index >= 15 is 0 Å². The SMILES string of the molecule is COc1cnn(C)c1C(C)=CCCNC(C)(C)C. The number of methoxy groups -OCH3 is 1. The van der Waals surface area contributed by atoms with Gasteiger partial charge in [0, 0.05) is 12.6 Å². The van der Waals surface area contributed by atoms with E-state index in [4.69, 9.17) is 4.74 Å². The summed E-state index contributed by atoms with van der Waals surface area (Å²) in [6.07, 6.45) is 4.97. The summed E-state index contributed by atoms with van der Waals surface area (Å²) in [5.41, 5.74) is 2.42. The Hall–Kier alpha value is -1.29. The van der Waals surface area contributed by atoms with Crippen LogP contribution in [0.15, 0.2) is 12.3 Å². The number of ether oxygens (including phenoxy) is 1. The molecule has 1 N–H and O–H groups in total. The van der Waals surface area contributed by atoms with Gasteiger partial charge in [0.25, 0.3) is 0 Å². The fourth-order valence-electron chi connectivity index (χ4n) is 1.85. The Morgan fingerprint density at radius 2 is 2.17 bits per heavy atom. The fourth-order valence-corrected chi connectivity index (χ4v) is 1.85. The lowest BCUT2D eigenvalue weighted by Gasteiger charge is -2.19. The highest BCUT2D eigenvalue weighted by atomic mass is 16.5. The minimum Gasteiger partial charge on any atom is -0.493 e. The monoisotopic (exact) mass is 251 g/mol. The first-order valence-electron chi connectivity index (χ1n) is 6.33. The smallest absolute Gasteiger partial charge is 0.164 e. The van der Waals surface area contributed by atoms with Crippen molar-refractivity contribution in [3.63, 3.8) is 0 Å². The summed E-state index contributed by atoms with van der Waals surface area (Å²) in [4.78, 5) is 0. The lowest BCUT2D eigenvalue weighted by atomic mass is 10.1. The molecule has 1 aromatic heterocycles. The van der Waals surface area contributed by atoms with Gasteiger partial charge < -0.3 is 10.1 Å². The maximum atomic E-state index is 5.31. The summed E-state index contributed by atoms with van der Waals surface area (Å²) in [5, 5.41) is 7.68. The highest BCUT2D eigenvalue weighted by Crippen LogP contribution is 2.24. The third-order valence-electron chi connectivity index (χ3n) is 2.75. The van der Waals surface area contributed by atoms with Crippen LogP contribution in [0.1, 0.15) is 39.8 Å². The molecule has 0 radical (unpaired) electrons. The van der Waals surface area contributed by atoms with E-state index in [1.807, 2.05) is 11.7 Å². The van der Waals surface area contributed by atoms with Crippen LogP contribution in [-0.2, 0) is 7.05 Å². The molecular formula is C14H25N3O. The number of rotatable bonds is 5. The second-order valence-electron chi connectivity index (χ2n) is 5.54. The summed E-state index contributed by atoms with van der Waals surface area (Å²) in [6.45, 7) is 9.59. The molecule has 0 aromatic carbocycles. The van der Waals surface area contributed by atoms with Crippen LogP contribution in [0.5, 0.6) is 5.75 Å². The Labute approximate surface area is 110 Å². The zero-order valence-corrected chi connectivity index (χ0v) is 12.4. The zero-order valence-electron chi connectivity index (χ0n) is 12.4. The van der Waals surface area contributed by atoms with Gasteiger partial charge in [-0.05, 0) is 46.2 Å². The van der Waals surface area contributed by atoms with E-state index in [1.165, 1.54) is 5.57 Å². The highest BCUT2D eigenvalue weighted by Gasteiger charge is 2.10. The van der Waals surface area contributed by atoms with E-state index in [1.54, 1.807) is 13.3 Å². The zero-order chi connectivity index (χ0) is 13.8. The van der Waals surface area contributed by atoms with Gasteiger partial charge in [0.15, 0.2) is 5.75 Å². The first-order valence-corrected chi connectivity index (χ1v) is 6.33. The first-order chi connectivity index (χ1) is 8.35. The molecule has 0 unspecified atom stereocenters. The van der Waals surface area contributed by atoms with Crippen molar-refractivity contribution in [3.05, 3.63) is 18.0 Å². The summed E-state index contributed by atoms with van der Waals surface area (Å²) >= 11 is 0. The van der Waals surface area contributed by atoms with Crippen LogP contribution in [0, 0.1) is 0 Å². The Balaban J connectivity index is 2.63. The first kappa shape index (κ1) is 14.8. The maximum Gasteiger partial charge on any atom is 0.164 e. The van der Waals surface area contributed by atoms with E-state index < -0.39 is 0 Å². The van der Waals surface area contributed by atoms with Crippen molar-refractivity contribution >= 4 is 5.57 Å². The van der Waals surface area contributed by atoms with E-state index in [0.717, 1.165) is 24.4 Å². The van der Waals surface area contributed by atoms with Gasteiger partial charge in [-0.15, -0.1) is 0 Å². The normalized spacial score (nSPS) is 12.9. The molecule has 0 saturated carbocycles. The van der Waals surface area contributed by atoms with Crippen LogP contribution in [0.3, 0.4) is 0 Å². The summed E-state index contributed by atoms with van der Waals surface area (Å²) < 4.78 is 7.16. The molecule has 1 rings (SSSR count). The van der Waals surface area contributed by atoms with Gasteiger partial charge in [0.05, 0.1) is 13.3 Å². The van der Waals surface area contributed by atoms with Gasteiger partial charge in [-0.25, -0.2) is 0 Å². The maximum absolute atomic E-state index is 5.31. The molecule has 0 bridgehead atoms. The lowest BCUT2D eigenvalue weighted by molar-refractivity contribution is 0.412. The highest BCUT2D eigenvalue weighted by molar-refractivity contribution is 5.65. The summed E-state index contributed by atoms with van der Waals surface area (Å²) in [5.74, 6) is 0.829. The van der Waals surface area contributed by atoms with Crippen molar-refractivity contribution in [1.29, 1.82) is 0 Å². The molecule has 0 spiro atoms. The molecule has 4 heteroatoms. The van der Waals surface area contributed by atoms with E-state index in [0.29, 0.717) is 0 Å². The predicted molar refractivity (Wildman–Crippen MR) is 75.8 cm³/mol. The van der Waals surface area contributed by atoms with E-state index in [9.17, 15) is 0 Å². The average Bonchev–Trinajstić information content (AvgIpc) is 2.64. The molecule has 0 fully saturated rings. The molecule has 0 saturated heterocycles. The molecule has 102 valence electrons. The molecule has 4 nitrogen and oxygen atoms in total. The molecule has 0 aliphatic carbocycles. The Morgan fingerprint density at radius 3 is 2.72 bits per heavy atom. The van der Waals surface area contributed by atoms with Crippen molar-refractivity contribution in [2.24, 2.45) is 7.05 Å². The number of aryl methyl sites for hydroxylation is 1. The molecule has 1 heterocycles. The fraction of sp³-hybridized carbons (Fsp3) is 0.643. The largest absolute Gasteiger partial charge is 0.493 e. The molecule has 0 atom stereocenters. The molecule has 18 heavy (non-hydrogen) atoms. The summed E-state index contributed by atoms with van der Waals surface area (Å²) in [6, 6.07) is 0. The van der Waals surface area contributed by atoms with Gasteiger partial charge >= 0.3 is 0 Å². The van der Waals surface area contributed by atoms with Crippen molar-refractivity contribution < 1.29 is 4.74 Å². The topological polar surface area (TPSA) is 39.1 Å². The Bertz CT molecular complexity index is 413. The molecule has 0 aliphatic rings. The minimum atomic E-state index is 0.173. The number of allylic oxidation sites excluding steroid dienone is 1. The van der Waals surface area contributed by atoms with Gasteiger partial charge in [0.2, 0.25) is 0 Å². The standard InChI is InChI=1S/C14H25N3O/c1-11(8-7-9-15-14(2,3)4)13-12(18-6)10-16-17(13)5/h8,10,15H,7,9H2,1-6H3. The van der Waals surface area contributed by atoms with E-state index in [2.05, 4.69) is 44.2 Å². The van der Waals surface area contributed by atoms with Gasteiger partial charge in [-0.3, -0.25) is 4.68 Å². The van der Waals surface area contributed by atoms with Crippen molar-refractivity contribution in [2.75, 3.05) is 13.7 Å². The predicted octanol–water partition coefficient (Wildman–Crippen LogP) is 2.61. The van der Waals surface area contributed by atoms with Crippen LogP contribution in [0.25, 0.3) is 5.57 Å². The number of hydrogen-bond acceptors (Lipinski definition) is 3. The second-order valence-corrected chi connectivity index (χ2v) is 5.54. The second kappa shape index (κ2) is 6.05. The number of nitrogens with one attached hydrogen (secondary N) is 1. The quantitative estimate of drug-likeness (QED) is 0.818. The van der Waals surface area contributed by atoms with E-state index in [-0.39, 0.29) is 5.54 Å². The van der Waals surface area contributed by atoms with Crippen LogP contribution >= 0.6 is 0 Å². The van der Waals surface area contributed by atoms with Gasteiger partial charge in [-0.1, -0.05) is 6.08 Å². The lowest BCUT2D eigenvalue weighted by Crippen LogP contribution is -2.36. The van der Waals surface area contributed by atoms with Crippen LogP contribution in [0.2, 0.25) is 0 Å². The Kier molecular flexibility index (Phi) is 4.96. The number of hydrogen-bond donors (Lipinski definition) is 1. The number of nitrogens with zero attached hydrogens (tertiary/aromatic N) is 2. The molecule has 0 aliphatic heterocycles. The van der Waals surface area contributed by atoms with Crippen LogP contribution in [-0.4, -0.2) is 29.0 Å². The van der Waals surface area contributed by atoms with Crippen LogP contribution < -0.4 is 10.1 Å². The van der Waals surface area contributed by atoms with Gasteiger partial charge in [0.1, 0.15) is 5.69 Å². The third kappa shape index (κ3) is 4.18. The van der Waals surface area contributed by atoms with Crippen molar-refractivity contribution in [2.45, 2.75) is 39.7 Å². The number of aromatic nitrogens is 2.